The molecule has 0 aromatic heterocycles. The largest absolute Gasteiger partial charge is 0.493 e. The van der Waals surface area contributed by atoms with Gasteiger partial charge in [-0.25, -0.2) is 0 Å². The summed E-state index contributed by atoms with van der Waals surface area (Å²) in [5.74, 6) is 0.836. The predicted octanol–water partition coefficient (Wildman–Crippen LogP) is 3.27. The van der Waals surface area contributed by atoms with Crippen molar-refractivity contribution in [2.45, 2.75) is 6.10 Å². The number of amidine groups is 1. The number of hydrogen-bond donors (Lipinski definition) is 2. The lowest BCUT2D eigenvalue weighted by atomic mass is 10.2. The molecule has 0 fully saturated rings. The zero-order valence-corrected chi connectivity index (χ0v) is 18.9. The van der Waals surface area contributed by atoms with E-state index in [0.717, 1.165) is 0 Å². The Balaban J connectivity index is 1.77. The van der Waals surface area contributed by atoms with E-state index in [9.17, 15) is 9.90 Å². The first kappa shape index (κ1) is 23.6. The molecule has 166 valence electrons. The van der Waals surface area contributed by atoms with Crippen LogP contribution in [0.15, 0.2) is 46.3 Å². The zero-order valence-electron chi connectivity index (χ0n) is 17.3. The minimum Gasteiger partial charge on any atom is -0.493 e. The van der Waals surface area contributed by atoms with E-state index in [0.29, 0.717) is 43.5 Å². The third-order valence-corrected chi connectivity index (χ3v) is 5.79. The van der Waals surface area contributed by atoms with Crippen LogP contribution < -0.4 is 9.47 Å². The summed E-state index contributed by atoms with van der Waals surface area (Å²) in [6.45, 7) is -0.221. The molecule has 3 rings (SSSR count). The molecule has 1 aliphatic heterocycles. The number of carbonyl (C=O) groups is 1. The minimum absolute atomic E-state index is 0.153. The fourth-order valence-electron chi connectivity index (χ4n) is 2.79. The molecule has 1 unspecified atom stereocenters. The molecule has 2 aromatic rings. The summed E-state index contributed by atoms with van der Waals surface area (Å²) >= 11 is 7.36. The Morgan fingerprint density at radius 1 is 1.28 bits per heavy atom. The topological polar surface area (TPSA) is 115 Å². The fraction of sp³-hybridized carbons (Fsp3) is 0.227. The molecule has 0 radical (unpaired) electrons. The van der Waals surface area contributed by atoms with E-state index in [4.69, 9.17) is 31.4 Å². The van der Waals surface area contributed by atoms with Crippen LogP contribution in [0.4, 0.5) is 0 Å². The van der Waals surface area contributed by atoms with Crippen LogP contribution >= 0.6 is 23.4 Å². The Morgan fingerprint density at radius 3 is 2.69 bits per heavy atom. The van der Waals surface area contributed by atoms with E-state index < -0.39 is 6.10 Å². The average molecular weight is 474 g/mol. The second-order valence-electron chi connectivity index (χ2n) is 6.80. The molecule has 0 saturated carbocycles. The van der Waals surface area contributed by atoms with Crippen molar-refractivity contribution in [3.05, 3.63) is 57.5 Å². The van der Waals surface area contributed by atoms with Crippen molar-refractivity contribution in [1.82, 2.24) is 4.90 Å². The maximum Gasteiger partial charge on any atom is 0.286 e. The number of aliphatic imine (C=N–C) groups is 1. The number of ether oxygens (including phenoxy) is 2. The number of methoxy groups -OCH3 is 1. The summed E-state index contributed by atoms with van der Waals surface area (Å²) in [7, 11) is 3.18. The molecule has 1 amide bonds. The second-order valence-corrected chi connectivity index (χ2v) is 8.21. The van der Waals surface area contributed by atoms with Gasteiger partial charge in [0.25, 0.3) is 5.91 Å². The number of halogens is 1. The Bertz CT molecular complexity index is 1130. The number of aliphatic hydroxyl groups is 2. The van der Waals surface area contributed by atoms with E-state index in [-0.39, 0.29) is 19.1 Å². The lowest BCUT2D eigenvalue weighted by Gasteiger charge is -2.19. The van der Waals surface area contributed by atoms with E-state index in [1.165, 1.54) is 24.9 Å². The molecule has 1 atom stereocenters. The molecule has 8 nitrogen and oxygen atoms in total. The van der Waals surface area contributed by atoms with Gasteiger partial charge in [-0.15, -0.1) is 0 Å². The van der Waals surface area contributed by atoms with Crippen LogP contribution in [-0.4, -0.2) is 59.6 Å². The van der Waals surface area contributed by atoms with Gasteiger partial charge in [0.15, 0.2) is 16.7 Å². The van der Waals surface area contributed by atoms with Crippen LogP contribution in [0.3, 0.4) is 0 Å². The monoisotopic (exact) mass is 473 g/mol. The van der Waals surface area contributed by atoms with Crippen LogP contribution in [0.5, 0.6) is 17.2 Å². The SMILES string of the molecule is COc1cc(/C=C2/SC(N(C)CC(O)CO)=NC2=O)ccc1Oc1ccc(C#N)cc1Cl. The van der Waals surface area contributed by atoms with Crippen molar-refractivity contribution in [3.8, 4) is 23.3 Å². The number of hydrogen-bond acceptors (Lipinski definition) is 8. The molecule has 32 heavy (non-hydrogen) atoms. The third-order valence-electron chi connectivity index (χ3n) is 4.40. The van der Waals surface area contributed by atoms with Crippen molar-refractivity contribution >= 4 is 40.5 Å². The number of nitriles is 1. The first-order valence-electron chi connectivity index (χ1n) is 9.42. The highest BCUT2D eigenvalue weighted by molar-refractivity contribution is 8.18. The van der Waals surface area contributed by atoms with Gasteiger partial charge in [-0.3, -0.25) is 4.79 Å². The average Bonchev–Trinajstić information content (AvgIpc) is 3.16. The third kappa shape index (κ3) is 5.60. The number of benzene rings is 2. The standard InChI is InChI=1S/C22H20ClN3O5S/c1-26(11-15(28)12-27)22-25-21(29)20(32-22)9-13-3-6-18(19(8-13)30-2)31-17-5-4-14(10-24)7-16(17)23/h3-9,15,27-28H,11-12H2,1-2H3/b20-9+. The highest BCUT2D eigenvalue weighted by Crippen LogP contribution is 2.37. The first-order valence-corrected chi connectivity index (χ1v) is 10.6. The summed E-state index contributed by atoms with van der Waals surface area (Å²) in [5.41, 5.74) is 1.12. The Hall–Kier alpha value is -3.03. The molecule has 0 saturated heterocycles. The predicted molar refractivity (Wildman–Crippen MR) is 123 cm³/mol. The fourth-order valence-corrected chi connectivity index (χ4v) is 3.90. The van der Waals surface area contributed by atoms with Crippen LogP contribution in [-0.2, 0) is 4.79 Å². The van der Waals surface area contributed by atoms with Gasteiger partial charge in [0.2, 0.25) is 0 Å². The number of likely N-dealkylation sites (N-methyl/N-ethyl adjacent to an activating group) is 1. The van der Waals surface area contributed by atoms with E-state index in [2.05, 4.69) is 4.99 Å². The zero-order chi connectivity index (χ0) is 23.3. The van der Waals surface area contributed by atoms with Crippen LogP contribution in [0.1, 0.15) is 11.1 Å². The van der Waals surface area contributed by atoms with Gasteiger partial charge in [-0.2, -0.15) is 10.3 Å². The van der Waals surface area contributed by atoms with Gasteiger partial charge >= 0.3 is 0 Å². The van der Waals surface area contributed by atoms with E-state index >= 15 is 0 Å². The summed E-state index contributed by atoms with van der Waals surface area (Å²) in [6, 6.07) is 11.9. The molecule has 10 heteroatoms. The van der Waals surface area contributed by atoms with Gasteiger partial charge < -0.3 is 24.6 Å². The highest BCUT2D eigenvalue weighted by atomic mass is 35.5. The number of rotatable bonds is 7. The number of thioether (sulfide) groups is 1. The quantitative estimate of drug-likeness (QED) is 0.589. The Labute approximate surface area is 194 Å². The smallest absolute Gasteiger partial charge is 0.286 e. The number of amides is 1. The van der Waals surface area contributed by atoms with Crippen molar-refractivity contribution in [2.24, 2.45) is 4.99 Å². The van der Waals surface area contributed by atoms with Gasteiger partial charge in [0.1, 0.15) is 5.75 Å². The molecule has 2 aromatic carbocycles. The summed E-state index contributed by atoms with van der Waals surface area (Å²) in [5, 5.41) is 28.3. The molecule has 2 N–H and O–H groups in total. The lowest BCUT2D eigenvalue weighted by Crippen LogP contribution is -2.33. The number of nitrogens with zero attached hydrogens (tertiary/aromatic N) is 3. The highest BCUT2D eigenvalue weighted by Gasteiger charge is 2.25. The van der Waals surface area contributed by atoms with Crippen molar-refractivity contribution < 1.29 is 24.5 Å². The second kappa shape index (κ2) is 10.5. The lowest BCUT2D eigenvalue weighted by molar-refractivity contribution is -0.113. The van der Waals surface area contributed by atoms with Crippen LogP contribution in [0.25, 0.3) is 6.08 Å². The van der Waals surface area contributed by atoms with Crippen molar-refractivity contribution in [1.29, 1.82) is 5.26 Å². The van der Waals surface area contributed by atoms with Gasteiger partial charge in [0, 0.05) is 13.6 Å². The maximum atomic E-state index is 12.3. The van der Waals surface area contributed by atoms with Gasteiger partial charge in [-0.05, 0) is 53.7 Å². The first-order chi connectivity index (χ1) is 15.3. The van der Waals surface area contributed by atoms with Gasteiger partial charge in [-0.1, -0.05) is 17.7 Å². The van der Waals surface area contributed by atoms with E-state index in [1.54, 1.807) is 48.4 Å². The maximum absolute atomic E-state index is 12.3. The number of aliphatic hydroxyl groups excluding tert-OH is 2. The Kier molecular flexibility index (Phi) is 7.77. The number of carbonyl (C=O) groups excluding carboxylic acids is 1. The van der Waals surface area contributed by atoms with E-state index in [1.807, 2.05) is 6.07 Å². The Morgan fingerprint density at radius 2 is 2.03 bits per heavy atom. The van der Waals surface area contributed by atoms with Crippen molar-refractivity contribution in [3.63, 3.8) is 0 Å². The van der Waals surface area contributed by atoms with Crippen molar-refractivity contribution in [2.75, 3.05) is 27.3 Å². The minimum atomic E-state index is -0.923. The molecule has 1 heterocycles. The molecule has 0 spiro atoms. The summed E-state index contributed by atoms with van der Waals surface area (Å²) < 4.78 is 11.3. The molecule has 0 aliphatic carbocycles. The van der Waals surface area contributed by atoms with Gasteiger partial charge in [0.05, 0.1) is 41.4 Å². The molecular weight excluding hydrogens is 454 g/mol. The summed E-state index contributed by atoms with van der Waals surface area (Å²) in [4.78, 5) is 18.3. The summed E-state index contributed by atoms with van der Waals surface area (Å²) in [6.07, 6.45) is 0.758. The van der Waals surface area contributed by atoms with Crippen LogP contribution in [0.2, 0.25) is 5.02 Å². The molecular formula is C22H20ClN3O5S. The normalized spacial score (nSPS) is 15.3. The molecule has 0 bridgehead atoms. The molecule has 1 aliphatic rings. The van der Waals surface area contributed by atoms with Crippen LogP contribution in [0, 0.1) is 11.3 Å².